The summed E-state index contributed by atoms with van der Waals surface area (Å²) in [6.07, 6.45) is 3.09. The lowest BCUT2D eigenvalue weighted by Gasteiger charge is -2.54. The van der Waals surface area contributed by atoms with Crippen LogP contribution in [0.4, 0.5) is 11.5 Å². The molecule has 0 bridgehead atoms. The second-order valence-corrected chi connectivity index (χ2v) is 9.99. The van der Waals surface area contributed by atoms with Crippen molar-refractivity contribution in [3.63, 3.8) is 0 Å². The highest BCUT2D eigenvalue weighted by Crippen LogP contribution is 2.38. The minimum Gasteiger partial charge on any atom is -0.380 e. The number of aromatic nitrogens is 3. The van der Waals surface area contributed by atoms with E-state index >= 15 is 0 Å². The number of nitrogens with zero attached hydrogens (tertiary/aromatic N) is 6. The molecule has 1 amide bonds. The SMILES string of the molecule is Cc1cc(C(=O)N2CC3(COC3)C2)nnc1N1CCc2ncc(N3CCO[C@H](C)C3)cc2C1. The topological polar surface area (TPSA) is 83.9 Å². The van der Waals surface area contributed by atoms with Crippen molar-refractivity contribution >= 4 is 17.4 Å². The van der Waals surface area contributed by atoms with Crippen LogP contribution in [0.5, 0.6) is 0 Å². The number of pyridine rings is 1. The van der Waals surface area contributed by atoms with Gasteiger partial charge in [0.25, 0.3) is 5.91 Å². The maximum absolute atomic E-state index is 12.8. The van der Waals surface area contributed by atoms with Crippen molar-refractivity contribution in [2.45, 2.75) is 32.9 Å². The van der Waals surface area contributed by atoms with E-state index < -0.39 is 0 Å². The van der Waals surface area contributed by atoms with E-state index in [9.17, 15) is 4.79 Å². The van der Waals surface area contributed by atoms with Gasteiger partial charge >= 0.3 is 0 Å². The first-order chi connectivity index (χ1) is 16.0. The summed E-state index contributed by atoms with van der Waals surface area (Å²) in [7, 11) is 0. The summed E-state index contributed by atoms with van der Waals surface area (Å²) in [6.45, 7) is 11.3. The minimum atomic E-state index is -0.0350. The molecule has 6 heterocycles. The Kier molecular flexibility index (Phi) is 4.99. The first-order valence-corrected chi connectivity index (χ1v) is 11.8. The maximum atomic E-state index is 12.8. The van der Waals surface area contributed by atoms with Crippen LogP contribution in [-0.4, -0.2) is 84.6 Å². The summed E-state index contributed by atoms with van der Waals surface area (Å²) in [6, 6.07) is 4.14. The van der Waals surface area contributed by atoms with Crippen molar-refractivity contribution in [1.82, 2.24) is 20.1 Å². The molecule has 6 rings (SSSR count). The van der Waals surface area contributed by atoms with E-state index in [1.807, 2.05) is 24.1 Å². The highest BCUT2D eigenvalue weighted by molar-refractivity contribution is 5.93. The van der Waals surface area contributed by atoms with E-state index in [0.717, 1.165) is 88.3 Å². The fourth-order valence-corrected chi connectivity index (χ4v) is 5.36. The fourth-order valence-electron chi connectivity index (χ4n) is 5.36. The van der Waals surface area contributed by atoms with Gasteiger partial charge in [0.2, 0.25) is 0 Å². The third kappa shape index (κ3) is 3.73. The van der Waals surface area contributed by atoms with Gasteiger partial charge < -0.3 is 24.2 Å². The van der Waals surface area contributed by atoms with Crippen LogP contribution in [0.3, 0.4) is 0 Å². The molecule has 2 aromatic heterocycles. The highest BCUT2D eigenvalue weighted by atomic mass is 16.5. The van der Waals surface area contributed by atoms with Gasteiger partial charge in [-0.3, -0.25) is 9.78 Å². The van der Waals surface area contributed by atoms with E-state index in [1.165, 1.54) is 5.56 Å². The summed E-state index contributed by atoms with van der Waals surface area (Å²) in [5, 5.41) is 8.80. The van der Waals surface area contributed by atoms with Crippen molar-refractivity contribution < 1.29 is 14.3 Å². The minimum absolute atomic E-state index is 0.0350. The Morgan fingerprint density at radius 1 is 1.15 bits per heavy atom. The number of aryl methyl sites for hydroxylation is 1. The van der Waals surface area contributed by atoms with E-state index in [2.05, 4.69) is 33.0 Å². The predicted molar refractivity (Wildman–Crippen MR) is 123 cm³/mol. The predicted octanol–water partition coefficient (Wildman–Crippen LogP) is 1.44. The number of amides is 1. The molecule has 33 heavy (non-hydrogen) atoms. The van der Waals surface area contributed by atoms with Crippen LogP contribution in [-0.2, 0) is 22.4 Å². The lowest BCUT2D eigenvalue weighted by molar-refractivity contribution is -0.176. The number of carbonyl (C=O) groups excluding carboxylic acids is 1. The molecule has 9 nitrogen and oxygen atoms in total. The Hall–Kier alpha value is -2.78. The van der Waals surface area contributed by atoms with Crippen molar-refractivity contribution in [2.24, 2.45) is 5.41 Å². The standard InChI is InChI=1S/C24H30N6O3/c1-16-7-21(23(31)30-12-24(13-30)14-32-15-24)26-27-22(16)29-4-3-20-18(11-29)8-19(9-25-20)28-5-6-33-17(2)10-28/h7-9,17H,3-6,10-15H2,1-2H3/t17-/m1/s1. The molecular weight excluding hydrogens is 420 g/mol. The quantitative estimate of drug-likeness (QED) is 0.695. The molecule has 0 radical (unpaired) electrons. The van der Waals surface area contributed by atoms with Crippen molar-refractivity contribution in [2.75, 3.05) is 62.3 Å². The van der Waals surface area contributed by atoms with Gasteiger partial charge in [0, 0.05) is 51.4 Å². The van der Waals surface area contributed by atoms with Gasteiger partial charge in [0.05, 0.1) is 43.2 Å². The third-order valence-corrected chi connectivity index (χ3v) is 7.26. The van der Waals surface area contributed by atoms with Gasteiger partial charge in [0.1, 0.15) is 0 Å². The molecule has 4 aliphatic heterocycles. The van der Waals surface area contributed by atoms with Gasteiger partial charge in [-0.25, -0.2) is 0 Å². The van der Waals surface area contributed by atoms with Crippen LogP contribution in [0.1, 0.15) is 34.2 Å². The average molecular weight is 451 g/mol. The van der Waals surface area contributed by atoms with Crippen LogP contribution in [0.2, 0.25) is 0 Å². The Bertz CT molecular complexity index is 1080. The number of rotatable bonds is 3. The fraction of sp³-hybridized carbons (Fsp3) is 0.583. The summed E-state index contributed by atoms with van der Waals surface area (Å²) in [4.78, 5) is 24.0. The lowest BCUT2D eigenvalue weighted by Crippen LogP contribution is -2.67. The van der Waals surface area contributed by atoms with E-state index in [-0.39, 0.29) is 17.4 Å². The zero-order valence-electron chi connectivity index (χ0n) is 19.3. The monoisotopic (exact) mass is 450 g/mol. The zero-order chi connectivity index (χ0) is 22.6. The van der Waals surface area contributed by atoms with Crippen molar-refractivity contribution in [1.29, 1.82) is 0 Å². The zero-order valence-corrected chi connectivity index (χ0v) is 19.3. The van der Waals surface area contributed by atoms with Crippen LogP contribution < -0.4 is 9.80 Å². The number of fused-ring (bicyclic) bond motifs is 1. The molecule has 0 unspecified atom stereocenters. The summed E-state index contributed by atoms with van der Waals surface area (Å²) < 4.78 is 11.0. The number of carbonyl (C=O) groups is 1. The van der Waals surface area contributed by atoms with Crippen molar-refractivity contribution in [3.05, 3.63) is 40.8 Å². The molecule has 2 aromatic rings. The highest BCUT2D eigenvalue weighted by Gasteiger charge is 2.51. The Balaban J connectivity index is 1.16. The molecule has 0 aromatic carbocycles. The molecule has 174 valence electrons. The van der Waals surface area contributed by atoms with Crippen molar-refractivity contribution in [3.8, 4) is 0 Å². The van der Waals surface area contributed by atoms with Gasteiger partial charge in [-0.05, 0) is 37.1 Å². The number of ether oxygens (including phenoxy) is 2. The maximum Gasteiger partial charge on any atom is 0.274 e. The number of morpholine rings is 1. The molecule has 0 aliphatic carbocycles. The Morgan fingerprint density at radius 3 is 2.73 bits per heavy atom. The second-order valence-electron chi connectivity index (χ2n) is 9.99. The molecular formula is C24H30N6O3. The van der Waals surface area contributed by atoms with Crippen LogP contribution in [0.25, 0.3) is 0 Å². The summed E-state index contributed by atoms with van der Waals surface area (Å²) in [5.41, 5.74) is 5.14. The summed E-state index contributed by atoms with van der Waals surface area (Å²) >= 11 is 0. The number of hydrogen-bond acceptors (Lipinski definition) is 8. The Morgan fingerprint density at radius 2 is 2.00 bits per heavy atom. The van der Waals surface area contributed by atoms with E-state index in [4.69, 9.17) is 14.5 Å². The molecule has 0 saturated carbocycles. The first kappa shape index (κ1) is 20.8. The number of hydrogen-bond donors (Lipinski definition) is 0. The number of likely N-dealkylation sites (tertiary alicyclic amines) is 1. The molecule has 3 fully saturated rings. The van der Waals surface area contributed by atoms with Gasteiger partial charge in [-0.2, -0.15) is 0 Å². The van der Waals surface area contributed by atoms with Gasteiger partial charge in [-0.15, -0.1) is 10.2 Å². The largest absolute Gasteiger partial charge is 0.380 e. The van der Waals surface area contributed by atoms with Crippen LogP contribution >= 0.6 is 0 Å². The first-order valence-electron chi connectivity index (χ1n) is 11.8. The normalized spacial score (nSPS) is 23.7. The molecule has 1 atom stereocenters. The molecule has 1 spiro atoms. The number of anilines is 2. The molecule has 3 saturated heterocycles. The Labute approximate surface area is 193 Å². The smallest absolute Gasteiger partial charge is 0.274 e. The lowest BCUT2D eigenvalue weighted by atomic mass is 9.78. The third-order valence-electron chi connectivity index (χ3n) is 7.26. The molecule has 9 heteroatoms. The van der Waals surface area contributed by atoms with Crippen LogP contribution in [0.15, 0.2) is 18.3 Å². The molecule has 4 aliphatic rings. The average Bonchev–Trinajstić information content (AvgIpc) is 2.76. The van der Waals surface area contributed by atoms with E-state index in [0.29, 0.717) is 5.69 Å². The van der Waals surface area contributed by atoms with Crippen LogP contribution in [0, 0.1) is 12.3 Å². The molecule has 0 N–H and O–H groups in total. The summed E-state index contributed by atoms with van der Waals surface area (Å²) in [5.74, 6) is 0.808. The second kappa shape index (κ2) is 7.92. The van der Waals surface area contributed by atoms with Gasteiger partial charge in [0.15, 0.2) is 11.5 Å². The van der Waals surface area contributed by atoms with Gasteiger partial charge in [-0.1, -0.05) is 0 Å². The van der Waals surface area contributed by atoms with E-state index in [1.54, 1.807) is 0 Å².